The van der Waals surface area contributed by atoms with E-state index in [-0.39, 0.29) is 0 Å². The van der Waals surface area contributed by atoms with E-state index in [2.05, 4.69) is 15.3 Å². The summed E-state index contributed by atoms with van der Waals surface area (Å²) in [6.07, 6.45) is 0. The lowest BCUT2D eigenvalue weighted by Crippen LogP contribution is -1.97. The second-order valence-corrected chi connectivity index (χ2v) is 5.06. The molecule has 0 atom stereocenters. The first-order valence-corrected chi connectivity index (χ1v) is 7.06. The number of hydrogen-bond donors (Lipinski definition) is 0. The Bertz CT molecular complexity index is 705. The van der Waals surface area contributed by atoms with Gasteiger partial charge in [-0.05, 0) is 31.2 Å². The number of nitrogens with zero attached hydrogens (tertiary/aromatic N) is 4. The van der Waals surface area contributed by atoms with Gasteiger partial charge < -0.3 is 9.47 Å². The quantitative estimate of drug-likeness (QED) is 0.722. The second kappa shape index (κ2) is 5.56. The number of ether oxygens (including phenoxy) is 2. The van der Waals surface area contributed by atoms with E-state index in [9.17, 15) is 0 Å². The van der Waals surface area contributed by atoms with Gasteiger partial charge in [0.2, 0.25) is 4.96 Å². The molecule has 0 fully saturated rings. The van der Waals surface area contributed by atoms with Gasteiger partial charge in [0.1, 0.15) is 17.4 Å². The monoisotopic (exact) mass is 290 g/mol. The third-order valence-electron chi connectivity index (χ3n) is 2.74. The lowest BCUT2D eigenvalue weighted by molar-refractivity contribution is 0.176. The van der Waals surface area contributed by atoms with Gasteiger partial charge in [-0.15, -0.1) is 10.2 Å². The molecule has 104 valence electrons. The van der Waals surface area contributed by atoms with Crippen molar-refractivity contribution in [1.82, 2.24) is 19.8 Å². The first-order valence-electron chi connectivity index (χ1n) is 6.25. The van der Waals surface area contributed by atoms with Crippen LogP contribution in [0.2, 0.25) is 0 Å². The SMILES string of the molecule is CCOc1ccc(-c2nn3c(COC)nnc3s2)cc1. The van der Waals surface area contributed by atoms with Crippen LogP contribution >= 0.6 is 11.3 Å². The maximum Gasteiger partial charge on any atom is 0.235 e. The Balaban J connectivity index is 1.93. The molecule has 0 unspecified atom stereocenters. The Morgan fingerprint density at radius 3 is 2.70 bits per heavy atom. The van der Waals surface area contributed by atoms with Crippen molar-refractivity contribution in [1.29, 1.82) is 0 Å². The minimum atomic E-state index is 0.396. The zero-order valence-corrected chi connectivity index (χ0v) is 12.1. The standard InChI is InChI=1S/C13H14N4O2S/c1-3-19-10-6-4-9(5-7-10)12-16-17-11(8-18-2)14-15-13(17)20-12/h4-7H,3,8H2,1-2H3. The van der Waals surface area contributed by atoms with Crippen LogP contribution in [0.3, 0.4) is 0 Å². The molecule has 0 aliphatic heterocycles. The molecule has 0 radical (unpaired) electrons. The average Bonchev–Trinajstić information content (AvgIpc) is 3.02. The van der Waals surface area contributed by atoms with Crippen molar-refractivity contribution >= 4 is 16.3 Å². The summed E-state index contributed by atoms with van der Waals surface area (Å²) in [5.41, 5.74) is 1.03. The number of benzene rings is 1. The molecule has 6 nitrogen and oxygen atoms in total. The van der Waals surface area contributed by atoms with Gasteiger partial charge in [0.25, 0.3) is 0 Å². The predicted octanol–water partition coefficient (Wildman–Crippen LogP) is 2.40. The van der Waals surface area contributed by atoms with Crippen molar-refractivity contribution < 1.29 is 9.47 Å². The first-order chi connectivity index (χ1) is 9.81. The van der Waals surface area contributed by atoms with Crippen molar-refractivity contribution in [2.24, 2.45) is 0 Å². The number of methoxy groups -OCH3 is 1. The number of rotatable bonds is 5. The number of aromatic nitrogens is 4. The van der Waals surface area contributed by atoms with Crippen molar-refractivity contribution in [2.45, 2.75) is 13.5 Å². The largest absolute Gasteiger partial charge is 0.494 e. The predicted molar refractivity (Wildman–Crippen MR) is 76.0 cm³/mol. The lowest BCUT2D eigenvalue weighted by Gasteiger charge is -2.02. The summed E-state index contributed by atoms with van der Waals surface area (Å²) in [6.45, 7) is 3.03. The van der Waals surface area contributed by atoms with Crippen molar-refractivity contribution in [3.8, 4) is 16.3 Å². The van der Waals surface area contributed by atoms with Crippen LogP contribution in [-0.4, -0.2) is 33.5 Å². The minimum Gasteiger partial charge on any atom is -0.494 e. The summed E-state index contributed by atoms with van der Waals surface area (Å²) in [5.74, 6) is 1.57. The second-order valence-electron chi connectivity index (χ2n) is 4.11. The molecule has 7 heteroatoms. The Morgan fingerprint density at radius 2 is 2.00 bits per heavy atom. The minimum absolute atomic E-state index is 0.396. The van der Waals surface area contributed by atoms with Crippen LogP contribution in [0.4, 0.5) is 0 Å². The van der Waals surface area contributed by atoms with Crippen molar-refractivity contribution in [3.63, 3.8) is 0 Å². The van der Waals surface area contributed by atoms with Crippen LogP contribution in [0.1, 0.15) is 12.7 Å². The van der Waals surface area contributed by atoms with E-state index in [0.29, 0.717) is 19.0 Å². The topological polar surface area (TPSA) is 61.5 Å². The summed E-state index contributed by atoms with van der Waals surface area (Å²) in [7, 11) is 1.63. The Morgan fingerprint density at radius 1 is 1.20 bits per heavy atom. The molecular weight excluding hydrogens is 276 g/mol. The van der Waals surface area contributed by atoms with Crippen LogP contribution in [-0.2, 0) is 11.3 Å². The molecule has 20 heavy (non-hydrogen) atoms. The molecule has 2 aromatic heterocycles. The maximum atomic E-state index is 5.43. The highest BCUT2D eigenvalue weighted by atomic mass is 32.1. The van der Waals surface area contributed by atoms with Gasteiger partial charge in [-0.2, -0.15) is 9.61 Å². The summed E-state index contributed by atoms with van der Waals surface area (Å²) in [5, 5.41) is 13.6. The molecule has 0 spiro atoms. The highest BCUT2D eigenvalue weighted by molar-refractivity contribution is 7.19. The fourth-order valence-corrected chi connectivity index (χ4v) is 2.72. The van der Waals surface area contributed by atoms with E-state index in [1.807, 2.05) is 31.2 Å². The lowest BCUT2D eigenvalue weighted by atomic mass is 10.2. The molecule has 0 amide bonds. The molecule has 0 bridgehead atoms. The summed E-state index contributed by atoms with van der Waals surface area (Å²) in [4.78, 5) is 0.765. The van der Waals surface area contributed by atoms with Gasteiger partial charge in [0, 0.05) is 12.7 Å². The molecule has 3 aromatic rings. The fraction of sp³-hybridized carbons (Fsp3) is 0.308. The average molecular weight is 290 g/mol. The Hall–Kier alpha value is -1.99. The highest BCUT2D eigenvalue weighted by Gasteiger charge is 2.12. The van der Waals surface area contributed by atoms with Crippen molar-refractivity contribution in [2.75, 3.05) is 13.7 Å². The smallest absolute Gasteiger partial charge is 0.235 e. The van der Waals surface area contributed by atoms with Gasteiger partial charge in [0.15, 0.2) is 5.82 Å². The molecule has 0 saturated carbocycles. The van der Waals surface area contributed by atoms with E-state index in [1.165, 1.54) is 11.3 Å². The van der Waals surface area contributed by atoms with Gasteiger partial charge in [0.05, 0.1) is 6.61 Å². The summed E-state index contributed by atoms with van der Waals surface area (Å²) in [6, 6.07) is 7.87. The summed E-state index contributed by atoms with van der Waals surface area (Å²) >= 11 is 1.50. The molecule has 0 saturated heterocycles. The van der Waals surface area contributed by atoms with Gasteiger partial charge in [-0.1, -0.05) is 11.3 Å². The van der Waals surface area contributed by atoms with Crippen LogP contribution in [0.25, 0.3) is 15.5 Å². The van der Waals surface area contributed by atoms with E-state index in [4.69, 9.17) is 9.47 Å². The normalized spacial score (nSPS) is 11.1. The van der Waals surface area contributed by atoms with E-state index < -0.39 is 0 Å². The zero-order valence-electron chi connectivity index (χ0n) is 11.2. The van der Waals surface area contributed by atoms with Gasteiger partial charge >= 0.3 is 0 Å². The number of fused-ring (bicyclic) bond motifs is 1. The third-order valence-corrected chi connectivity index (χ3v) is 3.69. The Kier molecular flexibility index (Phi) is 3.62. The van der Waals surface area contributed by atoms with E-state index in [0.717, 1.165) is 21.3 Å². The molecule has 0 N–H and O–H groups in total. The molecule has 3 rings (SSSR count). The fourth-order valence-electron chi connectivity index (χ4n) is 1.85. The van der Waals surface area contributed by atoms with Crippen LogP contribution in [0.5, 0.6) is 5.75 Å². The third kappa shape index (κ3) is 2.37. The van der Waals surface area contributed by atoms with Gasteiger partial charge in [-0.3, -0.25) is 0 Å². The van der Waals surface area contributed by atoms with Crippen molar-refractivity contribution in [3.05, 3.63) is 30.1 Å². The molecule has 0 aliphatic rings. The first kappa shape index (κ1) is 13.0. The van der Waals surface area contributed by atoms with E-state index in [1.54, 1.807) is 11.6 Å². The molecule has 0 aliphatic carbocycles. The molecular formula is C13H14N4O2S. The van der Waals surface area contributed by atoms with Crippen LogP contribution < -0.4 is 4.74 Å². The Labute approximate surface area is 120 Å². The van der Waals surface area contributed by atoms with Crippen LogP contribution in [0.15, 0.2) is 24.3 Å². The highest BCUT2D eigenvalue weighted by Crippen LogP contribution is 2.27. The summed E-state index contributed by atoms with van der Waals surface area (Å²) < 4.78 is 12.2. The molecule has 1 aromatic carbocycles. The zero-order chi connectivity index (χ0) is 13.9. The number of hydrogen-bond acceptors (Lipinski definition) is 6. The van der Waals surface area contributed by atoms with E-state index >= 15 is 0 Å². The van der Waals surface area contributed by atoms with Gasteiger partial charge in [-0.25, -0.2) is 0 Å². The van der Waals surface area contributed by atoms with Crippen LogP contribution in [0, 0.1) is 0 Å². The molecule has 2 heterocycles. The maximum absolute atomic E-state index is 5.43.